The van der Waals surface area contributed by atoms with Gasteiger partial charge in [-0.05, 0) is 56.6 Å². The monoisotopic (exact) mass is 379 g/mol. The molecule has 0 bridgehead atoms. The van der Waals surface area contributed by atoms with Gasteiger partial charge in [0.05, 0.1) is 15.6 Å². The average Bonchev–Trinajstić information content (AvgIpc) is 3.08. The molecule has 7 heteroatoms. The Labute approximate surface area is 153 Å². The van der Waals surface area contributed by atoms with E-state index >= 15 is 0 Å². The van der Waals surface area contributed by atoms with E-state index in [4.69, 9.17) is 4.98 Å². The Hall–Kier alpha value is -1.28. The van der Waals surface area contributed by atoms with E-state index in [0.717, 1.165) is 43.9 Å². The molecule has 1 fully saturated rings. The molecule has 1 aromatic heterocycles. The molecule has 1 aliphatic rings. The van der Waals surface area contributed by atoms with Gasteiger partial charge in [0.2, 0.25) is 0 Å². The fraction of sp³-hybridized carbons (Fsp3) is 0.500. The molecule has 0 aliphatic carbocycles. The first-order valence-electron chi connectivity index (χ1n) is 8.67. The Morgan fingerprint density at radius 2 is 1.96 bits per heavy atom. The van der Waals surface area contributed by atoms with Crippen LogP contribution in [0.4, 0.5) is 0 Å². The van der Waals surface area contributed by atoms with Crippen molar-refractivity contribution in [2.24, 2.45) is 0 Å². The zero-order valence-corrected chi connectivity index (χ0v) is 16.1. The van der Waals surface area contributed by atoms with Crippen molar-refractivity contribution in [2.45, 2.75) is 36.6 Å². The molecule has 1 aromatic carbocycles. The second kappa shape index (κ2) is 8.40. The molecular formula is C18H25N3O2S2. The zero-order valence-electron chi connectivity index (χ0n) is 14.5. The van der Waals surface area contributed by atoms with Crippen LogP contribution in [0.1, 0.15) is 35.0 Å². The standard InChI is InChI=1S/C18H25N3O2S2/c1-25(22,23)17-4-2-14(3-5-17)6-9-20-12-16-13-24-18(21-16)15-7-10-19-11-8-15/h2-5,13,15,19-20H,6-12H2,1H3. The minimum atomic E-state index is -3.11. The summed E-state index contributed by atoms with van der Waals surface area (Å²) in [5.74, 6) is 0.619. The third kappa shape index (κ3) is 5.34. The molecule has 0 unspecified atom stereocenters. The Balaban J connectivity index is 1.43. The molecule has 0 saturated carbocycles. The van der Waals surface area contributed by atoms with E-state index in [9.17, 15) is 8.42 Å². The first kappa shape index (κ1) is 18.5. The normalized spacial score (nSPS) is 16.2. The van der Waals surface area contributed by atoms with Crippen LogP contribution in [0.15, 0.2) is 34.5 Å². The SMILES string of the molecule is CS(=O)(=O)c1ccc(CCNCc2csc(C3CCNCC3)n2)cc1. The van der Waals surface area contributed by atoms with E-state index in [-0.39, 0.29) is 0 Å². The van der Waals surface area contributed by atoms with Crippen molar-refractivity contribution < 1.29 is 8.42 Å². The number of piperidine rings is 1. The van der Waals surface area contributed by atoms with Gasteiger partial charge in [0.25, 0.3) is 0 Å². The van der Waals surface area contributed by atoms with Crippen LogP contribution in [-0.2, 0) is 22.8 Å². The molecule has 3 rings (SSSR count). The van der Waals surface area contributed by atoms with Crippen molar-refractivity contribution in [1.82, 2.24) is 15.6 Å². The lowest BCUT2D eigenvalue weighted by Gasteiger charge is -2.20. The molecular weight excluding hydrogens is 354 g/mol. The number of rotatable bonds is 7. The van der Waals surface area contributed by atoms with Gasteiger partial charge < -0.3 is 10.6 Å². The predicted molar refractivity (Wildman–Crippen MR) is 102 cm³/mol. The Morgan fingerprint density at radius 3 is 2.64 bits per heavy atom. The minimum absolute atomic E-state index is 0.372. The first-order valence-corrected chi connectivity index (χ1v) is 11.4. The predicted octanol–water partition coefficient (Wildman–Crippen LogP) is 2.35. The molecule has 2 N–H and O–H groups in total. The molecule has 0 radical (unpaired) electrons. The number of nitrogens with zero attached hydrogens (tertiary/aromatic N) is 1. The molecule has 0 atom stereocenters. The lowest BCUT2D eigenvalue weighted by Crippen LogP contribution is -2.26. The molecule has 0 spiro atoms. The van der Waals surface area contributed by atoms with Gasteiger partial charge in [-0.2, -0.15) is 0 Å². The summed E-state index contributed by atoms with van der Waals surface area (Å²) in [5.41, 5.74) is 2.25. The Bertz CT molecular complexity index is 779. The maximum atomic E-state index is 11.5. The third-order valence-electron chi connectivity index (χ3n) is 4.51. The van der Waals surface area contributed by atoms with Gasteiger partial charge in [-0.15, -0.1) is 11.3 Å². The highest BCUT2D eigenvalue weighted by Gasteiger charge is 2.18. The lowest BCUT2D eigenvalue weighted by molar-refractivity contribution is 0.458. The summed E-state index contributed by atoms with van der Waals surface area (Å²) >= 11 is 1.78. The van der Waals surface area contributed by atoms with Crippen LogP contribution in [-0.4, -0.2) is 39.3 Å². The molecule has 2 aromatic rings. The number of thiazole rings is 1. The fourth-order valence-electron chi connectivity index (χ4n) is 3.01. The van der Waals surface area contributed by atoms with Crippen molar-refractivity contribution in [1.29, 1.82) is 0 Å². The smallest absolute Gasteiger partial charge is 0.175 e. The molecule has 136 valence electrons. The van der Waals surface area contributed by atoms with Gasteiger partial charge in [-0.25, -0.2) is 13.4 Å². The van der Waals surface area contributed by atoms with Crippen molar-refractivity contribution in [3.8, 4) is 0 Å². The first-order chi connectivity index (χ1) is 12.0. The van der Waals surface area contributed by atoms with E-state index in [1.165, 1.54) is 24.1 Å². The highest BCUT2D eigenvalue weighted by Crippen LogP contribution is 2.27. The fourth-order valence-corrected chi connectivity index (χ4v) is 4.63. The third-order valence-corrected chi connectivity index (χ3v) is 6.69. The maximum Gasteiger partial charge on any atom is 0.175 e. The molecule has 0 amide bonds. The lowest BCUT2D eigenvalue weighted by atomic mass is 9.99. The van der Waals surface area contributed by atoms with E-state index in [0.29, 0.717) is 10.8 Å². The molecule has 25 heavy (non-hydrogen) atoms. The van der Waals surface area contributed by atoms with Crippen molar-refractivity contribution in [2.75, 3.05) is 25.9 Å². The number of aromatic nitrogens is 1. The summed E-state index contributed by atoms with van der Waals surface area (Å²) < 4.78 is 22.9. The summed E-state index contributed by atoms with van der Waals surface area (Å²) in [7, 11) is -3.11. The van der Waals surface area contributed by atoms with Gasteiger partial charge in [0.1, 0.15) is 0 Å². The van der Waals surface area contributed by atoms with Crippen LogP contribution in [0.2, 0.25) is 0 Å². The van der Waals surface area contributed by atoms with Crippen molar-refractivity contribution in [3.63, 3.8) is 0 Å². The quantitative estimate of drug-likeness (QED) is 0.723. The van der Waals surface area contributed by atoms with Crippen LogP contribution in [0.5, 0.6) is 0 Å². The number of hydrogen-bond donors (Lipinski definition) is 2. The summed E-state index contributed by atoms with van der Waals surface area (Å²) in [6.07, 6.45) is 4.47. The topological polar surface area (TPSA) is 71.1 Å². The van der Waals surface area contributed by atoms with Crippen LogP contribution in [0.25, 0.3) is 0 Å². The summed E-state index contributed by atoms with van der Waals surface area (Å²) in [5, 5.41) is 10.2. The van der Waals surface area contributed by atoms with E-state index in [2.05, 4.69) is 16.0 Å². The zero-order chi connectivity index (χ0) is 17.7. The van der Waals surface area contributed by atoms with Gasteiger partial charge in [0.15, 0.2) is 9.84 Å². The number of benzene rings is 1. The van der Waals surface area contributed by atoms with Crippen LogP contribution in [0, 0.1) is 0 Å². The highest BCUT2D eigenvalue weighted by molar-refractivity contribution is 7.90. The van der Waals surface area contributed by atoms with Crippen molar-refractivity contribution >= 4 is 21.2 Å². The second-order valence-corrected chi connectivity index (χ2v) is 9.45. The Morgan fingerprint density at radius 1 is 1.24 bits per heavy atom. The van der Waals surface area contributed by atoms with Gasteiger partial charge in [-0.1, -0.05) is 12.1 Å². The largest absolute Gasteiger partial charge is 0.317 e. The number of hydrogen-bond acceptors (Lipinski definition) is 6. The van der Waals surface area contributed by atoms with Gasteiger partial charge >= 0.3 is 0 Å². The average molecular weight is 380 g/mol. The van der Waals surface area contributed by atoms with Crippen LogP contribution in [0.3, 0.4) is 0 Å². The van der Waals surface area contributed by atoms with Crippen molar-refractivity contribution in [3.05, 3.63) is 45.9 Å². The molecule has 1 aliphatic heterocycles. The summed E-state index contributed by atoms with van der Waals surface area (Å²) in [6.45, 7) is 3.81. The second-order valence-electron chi connectivity index (χ2n) is 6.54. The molecule has 1 saturated heterocycles. The summed E-state index contributed by atoms with van der Waals surface area (Å²) in [6, 6.07) is 7.12. The Kier molecular flexibility index (Phi) is 6.22. The maximum absolute atomic E-state index is 11.5. The van der Waals surface area contributed by atoms with Gasteiger partial charge in [0, 0.05) is 24.1 Å². The minimum Gasteiger partial charge on any atom is -0.317 e. The van der Waals surface area contributed by atoms with Gasteiger partial charge in [-0.3, -0.25) is 0 Å². The van der Waals surface area contributed by atoms with E-state index < -0.39 is 9.84 Å². The molecule has 5 nitrogen and oxygen atoms in total. The number of sulfone groups is 1. The van der Waals surface area contributed by atoms with E-state index in [1.54, 1.807) is 23.5 Å². The number of nitrogens with one attached hydrogen (secondary N) is 2. The molecule has 2 heterocycles. The van der Waals surface area contributed by atoms with Crippen LogP contribution < -0.4 is 10.6 Å². The van der Waals surface area contributed by atoms with Crippen LogP contribution >= 0.6 is 11.3 Å². The highest BCUT2D eigenvalue weighted by atomic mass is 32.2. The van der Waals surface area contributed by atoms with E-state index in [1.807, 2.05) is 12.1 Å². The summed E-state index contributed by atoms with van der Waals surface area (Å²) in [4.78, 5) is 5.15.